The van der Waals surface area contributed by atoms with Gasteiger partial charge in [-0.05, 0) is 166 Å². The molecule has 3 heterocycles. The maximum atomic E-state index is 9.44. The van der Waals surface area contributed by atoms with E-state index in [4.69, 9.17) is 13.8 Å². The molecule has 0 atom stereocenters. The third-order valence-electron chi connectivity index (χ3n) is 16.7. The molecule has 3 aromatic heterocycles. The van der Waals surface area contributed by atoms with Gasteiger partial charge in [0.05, 0.1) is 40.3 Å². The zero-order valence-corrected chi connectivity index (χ0v) is 52.0. The second-order valence-corrected chi connectivity index (χ2v) is 28.1. The molecule has 0 N–H and O–H groups in total. The SMILES string of the molecule is [2H]c1c([2H])c([2H])c(-c2cc(-c3cccc(C(C)(C)C)c3)c(-[n+]3[c-]n(-c4cccc(Oc5ccc6c7ccccc7n(-c7cc(C(C)(C)C)ccn7)c6c5)c4)c4cc(-c5ccc(C(C)(C)C)cc5)ccc43)c(-c3cc(C(C)(C)C)cc(C(C)(C)C)c3)c2)c([2H])c1[2H]. The van der Waals surface area contributed by atoms with Crippen LogP contribution < -0.4 is 9.30 Å². The number of para-hydroxylation sites is 1. The Balaban J connectivity index is 1.14. The van der Waals surface area contributed by atoms with Crippen LogP contribution in [0.2, 0.25) is 0 Å². The minimum absolute atomic E-state index is 0.0237. The Morgan fingerprint density at radius 1 is 0.412 bits per heavy atom. The molecule has 9 aromatic carbocycles. The van der Waals surface area contributed by atoms with Crippen molar-refractivity contribution in [1.82, 2.24) is 14.1 Å². The fourth-order valence-corrected chi connectivity index (χ4v) is 11.6. The molecule has 0 saturated heterocycles. The van der Waals surface area contributed by atoms with Gasteiger partial charge in [0.2, 0.25) is 0 Å². The minimum Gasteiger partial charge on any atom is -0.458 e. The van der Waals surface area contributed by atoms with E-state index in [-0.39, 0.29) is 56.8 Å². The van der Waals surface area contributed by atoms with Crippen molar-refractivity contribution in [2.75, 3.05) is 0 Å². The molecule has 85 heavy (non-hydrogen) atoms. The fourth-order valence-electron chi connectivity index (χ4n) is 11.6. The van der Waals surface area contributed by atoms with E-state index in [2.05, 4.69) is 269 Å². The lowest BCUT2D eigenvalue weighted by Gasteiger charge is -2.27. The first-order chi connectivity index (χ1) is 42.3. The topological polar surface area (TPSA) is 35.9 Å². The van der Waals surface area contributed by atoms with Crippen LogP contribution in [-0.4, -0.2) is 14.1 Å². The first kappa shape index (κ1) is 50.7. The molecule has 0 amide bonds. The number of pyridine rings is 1. The Morgan fingerprint density at radius 3 is 1.69 bits per heavy atom. The molecule has 5 heteroatoms. The van der Waals surface area contributed by atoms with E-state index >= 15 is 0 Å². The average molecular weight is 1120 g/mol. The van der Waals surface area contributed by atoms with Crippen LogP contribution >= 0.6 is 0 Å². The molecule has 0 aliphatic carbocycles. The van der Waals surface area contributed by atoms with Crippen LogP contribution in [0.5, 0.6) is 11.5 Å². The molecule has 12 aromatic rings. The second kappa shape index (κ2) is 21.1. The van der Waals surface area contributed by atoms with Gasteiger partial charge in [0, 0.05) is 23.0 Å². The molecule has 0 bridgehead atoms. The number of rotatable bonds is 9. The molecule has 0 aliphatic rings. The van der Waals surface area contributed by atoms with Crippen LogP contribution in [-0.2, 0) is 27.1 Å². The molecular weight excluding hydrogens is 1030 g/mol. The summed E-state index contributed by atoms with van der Waals surface area (Å²) in [6, 6.07) is 60.5. The Kier molecular flexibility index (Phi) is 12.6. The van der Waals surface area contributed by atoms with Crippen LogP contribution in [0.3, 0.4) is 0 Å². The normalized spacial score (nSPS) is 13.5. The van der Waals surface area contributed by atoms with Crippen LogP contribution in [0.1, 0.15) is 139 Å². The van der Waals surface area contributed by atoms with Crippen molar-refractivity contribution in [3.8, 4) is 73.2 Å². The average Bonchev–Trinajstić information content (AvgIpc) is 1.38. The third kappa shape index (κ3) is 11.1. The number of aromatic nitrogens is 4. The zero-order chi connectivity index (χ0) is 64.3. The summed E-state index contributed by atoms with van der Waals surface area (Å²) in [5, 5.41) is 2.23. The summed E-state index contributed by atoms with van der Waals surface area (Å²) in [6.07, 6.45) is 5.87. The lowest BCUT2D eigenvalue weighted by molar-refractivity contribution is -0.571. The Labute approximate surface area is 511 Å². The number of imidazole rings is 1. The van der Waals surface area contributed by atoms with E-state index in [1.165, 1.54) is 11.1 Å². The molecule has 0 spiro atoms. The Hall–Kier alpha value is -8.80. The maximum Gasteiger partial charge on any atom is 0.269 e. The van der Waals surface area contributed by atoms with E-state index in [0.717, 1.165) is 100 Å². The van der Waals surface area contributed by atoms with Gasteiger partial charge >= 0.3 is 0 Å². The van der Waals surface area contributed by atoms with Crippen LogP contribution in [0.25, 0.3) is 94.5 Å². The number of nitrogens with zero attached hydrogens (tertiary/aromatic N) is 4. The van der Waals surface area contributed by atoms with E-state index < -0.39 is 6.04 Å². The summed E-state index contributed by atoms with van der Waals surface area (Å²) in [7, 11) is 0. The number of benzene rings is 9. The number of fused-ring (bicyclic) bond motifs is 4. The first-order valence-corrected chi connectivity index (χ1v) is 29.8. The monoisotopic (exact) mass is 1120 g/mol. The lowest BCUT2D eigenvalue weighted by atomic mass is 9.78. The molecule has 12 rings (SSSR count). The highest BCUT2D eigenvalue weighted by Crippen LogP contribution is 2.44. The maximum absolute atomic E-state index is 9.44. The standard InChI is InChI=1S/C80H80N4O/c1-76(2,3)58-34-31-53(32-35-58)54-33-38-71-73(46-54)82(63-27-22-28-64(49-63)85-65-36-37-67-66-29-19-20-30-70(66)84(72(67)50-65)74-48-60(39-40-81-74)78(7,8)9)51-83(71)75-68(55-25-21-26-59(41-55)77(4,5)6)44-56(52-23-17-16-18-24-52)45-69(75)57-42-61(79(10,11)12)47-62(43-57)80(13,14)15/h16-50H,1-15H3/i16D,17D,18D,23D,24D. The summed E-state index contributed by atoms with van der Waals surface area (Å²) in [4.78, 5) is 4.94. The van der Waals surface area contributed by atoms with Crippen LogP contribution in [0.4, 0.5) is 0 Å². The van der Waals surface area contributed by atoms with Gasteiger partial charge in [0.1, 0.15) is 17.3 Å². The van der Waals surface area contributed by atoms with Crippen molar-refractivity contribution in [1.29, 1.82) is 0 Å². The third-order valence-corrected chi connectivity index (χ3v) is 16.7. The smallest absolute Gasteiger partial charge is 0.269 e. The molecule has 0 unspecified atom stereocenters. The van der Waals surface area contributed by atoms with Gasteiger partial charge in [0.15, 0.2) is 0 Å². The Morgan fingerprint density at radius 2 is 1.01 bits per heavy atom. The van der Waals surface area contributed by atoms with E-state index in [1.54, 1.807) is 0 Å². The molecule has 0 aliphatic heterocycles. The van der Waals surface area contributed by atoms with Crippen molar-refractivity contribution < 1.29 is 16.2 Å². The minimum atomic E-state index is -0.437. The van der Waals surface area contributed by atoms with Gasteiger partial charge in [-0.15, -0.1) is 0 Å². The lowest BCUT2D eigenvalue weighted by Crippen LogP contribution is -2.31. The summed E-state index contributed by atoms with van der Waals surface area (Å²) in [5.41, 5.74) is 16.6. The van der Waals surface area contributed by atoms with Gasteiger partial charge in [-0.3, -0.25) is 13.7 Å². The first-order valence-electron chi connectivity index (χ1n) is 32.3. The van der Waals surface area contributed by atoms with Gasteiger partial charge in [-0.2, -0.15) is 0 Å². The number of hydrogen-bond donors (Lipinski definition) is 0. The van der Waals surface area contributed by atoms with Crippen LogP contribution in [0, 0.1) is 6.33 Å². The summed E-state index contributed by atoms with van der Waals surface area (Å²) in [5.74, 6) is 2.15. The molecule has 0 radical (unpaired) electrons. The van der Waals surface area contributed by atoms with Crippen molar-refractivity contribution in [3.05, 3.63) is 246 Å². The second-order valence-electron chi connectivity index (χ2n) is 28.1. The molecule has 5 nitrogen and oxygen atoms in total. The van der Waals surface area contributed by atoms with E-state index in [1.807, 2.05) is 36.5 Å². The highest BCUT2D eigenvalue weighted by Gasteiger charge is 2.28. The van der Waals surface area contributed by atoms with Gasteiger partial charge in [-0.1, -0.05) is 237 Å². The van der Waals surface area contributed by atoms with E-state index in [9.17, 15) is 2.74 Å². The van der Waals surface area contributed by atoms with Gasteiger partial charge < -0.3 is 4.74 Å². The quantitative estimate of drug-likeness (QED) is 0.107. The predicted molar refractivity (Wildman–Crippen MR) is 358 cm³/mol. The van der Waals surface area contributed by atoms with Crippen molar-refractivity contribution in [2.24, 2.45) is 0 Å². The van der Waals surface area contributed by atoms with Crippen molar-refractivity contribution in [3.63, 3.8) is 0 Å². The fraction of sp³-hybridized carbons (Fsp3) is 0.250. The van der Waals surface area contributed by atoms with Gasteiger partial charge in [-0.25, -0.2) is 4.98 Å². The van der Waals surface area contributed by atoms with E-state index in [0.29, 0.717) is 17.1 Å². The Bertz CT molecular complexity index is 4760. The number of ether oxygens (including phenoxy) is 1. The largest absolute Gasteiger partial charge is 0.458 e. The molecule has 0 fully saturated rings. The van der Waals surface area contributed by atoms with Crippen molar-refractivity contribution >= 4 is 32.8 Å². The number of hydrogen-bond acceptors (Lipinski definition) is 2. The van der Waals surface area contributed by atoms with Gasteiger partial charge in [0.25, 0.3) is 6.33 Å². The van der Waals surface area contributed by atoms with Crippen molar-refractivity contribution in [2.45, 2.75) is 131 Å². The molecule has 0 saturated carbocycles. The summed E-state index contributed by atoms with van der Waals surface area (Å²) in [6.45, 7) is 33.4. The summed E-state index contributed by atoms with van der Waals surface area (Å²) < 4.78 is 58.9. The van der Waals surface area contributed by atoms with Crippen LogP contribution in [0.15, 0.2) is 212 Å². The zero-order valence-electron chi connectivity index (χ0n) is 57.0. The predicted octanol–water partition coefficient (Wildman–Crippen LogP) is 21.1. The summed E-state index contributed by atoms with van der Waals surface area (Å²) >= 11 is 0. The highest BCUT2D eigenvalue weighted by atomic mass is 16.5. The molecular formula is C80H80N4O. The highest BCUT2D eigenvalue weighted by molar-refractivity contribution is 6.09. The molecule has 426 valence electrons.